The fraction of sp³-hybridized carbons (Fsp3) is 0.156. The summed E-state index contributed by atoms with van der Waals surface area (Å²) in [5, 5.41) is 4.50. The zero-order valence-electron chi connectivity index (χ0n) is 23.6. The molecule has 0 bridgehead atoms. The predicted octanol–water partition coefficient (Wildman–Crippen LogP) is 5.99. The molecule has 0 radical (unpaired) electrons. The number of benzene rings is 4. The molecule has 0 saturated carbocycles. The van der Waals surface area contributed by atoms with E-state index in [1.165, 1.54) is 27.5 Å². The van der Waals surface area contributed by atoms with Crippen molar-refractivity contribution in [3.63, 3.8) is 0 Å². The molecule has 0 atom stereocenters. The van der Waals surface area contributed by atoms with Gasteiger partial charge in [-0.15, -0.1) is 0 Å². The number of nitrogens with zero attached hydrogens (tertiary/aromatic N) is 2. The van der Waals surface area contributed by atoms with Crippen LogP contribution in [0, 0.1) is 0 Å². The Bertz CT molecular complexity index is 1550. The lowest BCUT2D eigenvalue weighted by molar-refractivity contribution is 0.0951. The summed E-state index contributed by atoms with van der Waals surface area (Å²) in [7, 11) is 6.13. The first-order valence-corrected chi connectivity index (χ1v) is 13.2. The van der Waals surface area contributed by atoms with E-state index in [-0.39, 0.29) is 12.5 Å². The van der Waals surface area contributed by atoms with Crippen LogP contribution >= 0.6 is 11.6 Å². The highest BCUT2D eigenvalue weighted by Crippen LogP contribution is 2.41. The van der Waals surface area contributed by atoms with Crippen molar-refractivity contribution in [3.05, 3.63) is 112 Å². The number of anilines is 1. The molecular weight excluding hydrogens is 558 g/mol. The van der Waals surface area contributed by atoms with Crippen LogP contribution in [0.4, 0.5) is 5.69 Å². The molecule has 4 aromatic rings. The Morgan fingerprint density at radius 3 is 2.00 bits per heavy atom. The van der Waals surface area contributed by atoms with Gasteiger partial charge in [0.2, 0.25) is 5.75 Å². The monoisotopic (exact) mass is 587 g/mol. The number of ether oxygens (including phenoxy) is 4. The first kappa shape index (κ1) is 30.0. The number of carbonyl (C=O) groups is 2. The molecule has 9 nitrogen and oxygen atoms in total. The highest BCUT2D eigenvalue weighted by molar-refractivity contribution is 6.33. The molecule has 216 valence electrons. The van der Waals surface area contributed by atoms with Crippen LogP contribution in [0.15, 0.2) is 90.0 Å². The zero-order valence-corrected chi connectivity index (χ0v) is 24.3. The summed E-state index contributed by atoms with van der Waals surface area (Å²) in [4.78, 5) is 28.2. The van der Waals surface area contributed by atoms with Crippen molar-refractivity contribution in [1.82, 2.24) is 5.43 Å². The Hall–Kier alpha value is -5.02. The lowest BCUT2D eigenvalue weighted by Gasteiger charge is -2.25. The van der Waals surface area contributed by atoms with E-state index < -0.39 is 5.91 Å². The number of rotatable bonds is 11. The third-order valence-electron chi connectivity index (χ3n) is 6.38. The summed E-state index contributed by atoms with van der Waals surface area (Å²) in [5.41, 5.74) is 5.24. The van der Waals surface area contributed by atoms with E-state index in [9.17, 15) is 9.59 Å². The van der Waals surface area contributed by atoms with Gasteiger partial charge in [-0.25, -0.2) is 5.43 Å². The van der Waals surface area contributed by atoms with Crippen LogP contribution in [0.5, 0.6) is 23.0 Å². The van der Waals surface area contributed by atoms with Crippen molar-refractivity contribution < 1.29 is 28.5 Å². The van der Waals surface area contributed by atoms with Gasteiger partial charge in [-0.2, -0.15) is 5.10 Å². The van der Waals surface area contributed by atoms with Crippen LogP contribution in [0.3, 0.4) is 0 Å². The molecule has 4 rings (SSSR count). The molecule has 0 aliphatic rings. The van der Waals surface area contributed by atoms with Crippen molar-refractivity contribution in [2.24, 2.45) is 5.10 Å². The second kappa shape index (κ2) is 14.0. The summed E-state index contributed by atoms with van der Waals surface area (Å²) in [5.74, 6) is 1.19. The molecule has 42 heavy (non-hydrogen) atoms. The third kappa shape index (κ3) is 7.00. The van der Waals surface area contributed by atoms with Gasteiger partial charge in [0.05, 0.1) is 46.9 Å². The highest BCUT2D eigenvalue weighted by atomic mass is 35.5. The Labute approximate surface area is 249 Å². The summed E-state index contributed by atoms with van der Waals surface area (Å²) in [6, 6.07) is 24.3. The molecule has 0 saturated heterocycles. The number of hydrogen-bond acceptors (Lipinski definition) is 7. The van der Waals surface area contributed by atoms with Crippen molar-refractivity contribution in [3.8, 4) is 23.0 Å². The van der Waals surface area contributed by atoms with E-state index in [2.05, 4.69) is 10.5 Å². The number of hydrazone groups is 1. The number of methoxy groups -OCH3 is 4. The lowest BCUT2D eigenvalue weighted by Crippen LogP contribution is -2.30. The van der Waals surface area contributed by atoms with Crippen LogP contribution in [0.25, 0.3) is 0 Å². The lowest BCUT2D eigenvalue weighted by atomic mass is 10.1. The van der Waals surface area contributed by atoms with E-state index in [4.69, 9.17) is 30.5 Å². The number of nitrogens with one attached hydrogen (secondary N) is 1. The largest absolute Gasteiger partial charge is 0.497 e. The minimum atomic E-state index is -0.433. The molecule has 2 amide bonds. The van der Waals surface area contributed by atoms with Crippen LogP contribution in [0.1, 0.15) is 31.8 Å². The maximum absolute atomic E-state index is 13.9. The first-order valence-electron chi connectivity index (χ1n) is 12.8. The average molecular weight is 588 g/mol. The van der Waals surface area contributed by atoms with Crippen molar-refractivity contribution in [1.29, 1.82) is 0 Å². The summed E-state index contributed by atoms with van der Waals surface area (Å²) in [6.07, 6.45) is 1.46. The van der Waals surface area contributed by atoms with E-state index >= 15 is 0 Å². The molecule has 1 N–H and O–H groups in total. The molecule has 0 fully saturated rings. The molecular formula is C32H30ClN3O6. The normalized spacial score (nSPS) is 10.7. The maximum Gasteiger partial charge on any atom is 0.271 e. The van der Waals surface area contributed by atoms with Crippen molar-refractivity contribution in [2.45, 2.75) is 6.54 Å². The number of carbonyl (C=O) groups excluding carboxylic acids is 2. The van der Waals surface area contributed by atoms with E-state index in [0.717, 1.165) is 5.56 Å². The van der Waals surface area contributed by atoms with Gasteiger partial charge in [-0.3, -0.25) is 9.59 Å². The van der Waals surface area contributed by atoms with Crippen LogP contribution in [-0.4, -0.2) is 46.5 Å². The van der Waals surface area contributed by atoms with Gasteiger partial charge >= 0.3 is 0 Å². The minimum Gasteiger partial charge on any atom is -0.497 e. The smallest absolute Gasteiger partial charge is 0.271 e. The fourth-order valence-electron chi connectivity index (χ4n) is 4.14. The fourth-order valence-corrected chi connectivity index (χ4v) is 4.33. The van der Waals surface area contributed by atoms with Gasteiger partial charge in [0, 0.05) is 33.8 Å². The molecule has 0 heterocycles. The predicted molar refractivity (Wildman–Crippen MR) is 163 cm³/mol. The average Bonchev–Trinajstić information content (AvgIpc) is 3.03. The van der Waals surface area contributed by atoms with Gasteiger partial charge < -0.3 is 23.8 Å². The van der Waals surface area contributed by atoms with Gasteiger partial charge in [0.1, 0.15) is 5.75 Å². The van der Waals surface area contributed by atoms with E-state index in [1.807, 2.05) is 30.3 Å². The second-order valence-corrected chi connectivity index (χ2v) is 9.33. The number of halogens is 1. The molecule has 0 unspecified atom stereocenters. The SMILES string of the molecule is COc1ccc(CN(C(=O)c2ccc(C(=O)N/N=C/c3ccccc3Cl)cc2)c2cc(OC)c(OC)c(OC)c2)cc1. The van der Waals surface area contributed by atoms with Crippen molar-refractivity contribution >= 4 is 35.3 Å². The molecule has 10 heteroatoms. The van der Waals surface area contributed by atoms with Crippen LogP contribution in [-0.2, 0) is 6.54 Å². The summed E-state index contributed by atoms with van der Waals surface area (Å²) in [6.45, 7) is 0.237. The van der Waals surface area contributed by atoms with Gasteiger partial charge in [0.25, 0.3) is 11.8 Å². The van der Waals surface area contributed by atoms with Crippen molar-refractivity contribution in [2.75, 3.05) is 33.3 Å². The molecule has 4 aromatic carbocycles. The van der Waals surface area contributed by atoms with E-state index in [0.29, 0.717) is 50.4 Å². The quantitative estimate of drug-likeness (QED) is 0.171. The summed E-state index contributed by atoms with van der Waals surface area (Å²) >= 11 is 6.12. The third-order valence-corrected chi connectivity index (χ3v) is 6.72. The van der Waals surface area contributed by atoms with Crippen LogP contribution in [0.2, 0.25) is 5.02 Å². The first-order chi connectivity index (χ1) is 20.4. The molecule has 0 aliphatic heterocycles. The Morgan fingerprint density at radius 2 is 1.43 bits per heavy atom. The standard InChI is InChI=1S/C32H30ClN3O6/c1-39-26-15-9-21(10-16-26)20-36(25-17-28(40-2)30(42-4)29(18-25)41-3)32(38)23-13-11-22(12-14-23)31(37)35-34-19-24-7-5-6-8-27(24)33/h5-19H,20H2,1-4H3,(H,35,37)/b34-19+. The van der Waals surface area contributed by atoms with E-state index in [1.54, 1.807) is 66.6 Å². The topological polar surface area (TPSA) is 98.7 Å². The summed E-state index contributed by atoms with van der Waals surface area (Å²) < 4.78 is 21.8. The van der Waals surface area contributed by atoms with Gasteiger partial charge in [0.15, 0.2) is 11.5 Å². The number of hydrogen-bond donors (Lipinski definition) is 1. The maximum atomic E-state index is 13.9. The van der Waals surface area contributed by atoms with Crippen LogP contribution < -0.4 is 29.3 Å². The zero-order chi connectivity index (χ0) is 30.1. The highest BCUT2D eigenvalue weighted by Gasteiger charge is 2.23. The van der Waals surface area contributed by atoms with Gasteiger partial charge in [-0.05, 0) is 48.0 Å². The molecule has 0 aliphatic carbocycles. The second-order valence-electron chi connectivity index (χ2n) is 8.92. The Kier molecular flexibility index (Phi) is 10.0. The minimum absolute atomic E-state index is 0.237. The molecule has 0 spiro atoms. The Balaban J connectivity index is 1.61. The number of amides is 2. The molecule has 0 aromatic heterocycles. The van der Waals surface area contributed by atoms with Gasteiger partial charge in [-0.1, -0.05) is 41.9 Å². The Morgan fingerprint density at radius 1 is 0.810 bits per heavy atom.